The van der Waals surface area contributed by atoms with Crippen LogP contribution in [0.25, 0.3) is 17.1 Å². The zero-order valence-electron chi connectivity index (χ0n) is 16.3. The Morgan fingerprint density at radius 3 is 2.00 bits per heavy atom. The molecule has 0 saturated heterocycles. The molecule has 0 aliphatic rings. The SMILES string of the molecule is Cc1ccc(-c2nnc(S[C@@H](C)c3ccccc3)n2-c2ccc(C)cc2)cc1. The molecule has 4 heteroatoms. The van der Waals surface area contributed by atoms with E-state index in [0.29, 0.717) is 0 Å². The van der Waals surface area contributed by atoms with Gasteiger partial charge in [-0.2, -0.15) is 0 Å². The van der Waals surface area contributed by atoms with Gasteiger partial charge in [-0.1, -0.05) is 89.6 Å². The first-order valence-corrected chi connectivity index (χ1v) is 10.3. The van der Waals surface area contributed by atoms with Crippen molar-refractivity contribution in [3.05, 3.63) is 95.6 Å². The van der Waals surface area contributed by atoms with Gasteiger partial charge in [-0.15, -0.1) is 10.2 Å². The van der Waals surface area contributed by atoms with Crippen LogP contribution in [0.3, 0.4) is 0 Å². The Morgan fingerprint density at radius 2 is 1.36 bits per heavy atom. The first kappa shape index (κ1) is 18.5. The molecule has 140 valence electrons. The van der Waals surface area contributed by atoms with Crippen molar-refractivity contribution < 1.29 is 0 Å². The molecule has 3 nitrogen and oxygen atoms in total. The van der Waals surface area contributed by atoms with Gasteiger partial charge in [-0.05, 0) is 38.5 Å². The van der Waals surface area contributed by atoms with Gasteiger partial charge in [0, 0.05) is 16.5 Å². The zero-order chi connectivity index (χ0) is 19.5. The summed E-state index contributed by atoms with van der Waals surface area (Å²) in [6, 6.07) is 27.5. The molecule has 0 radical (unpaired) electrons. The Morgan fingerprint density at radius 1 is 0.750 bits per heavy atom. The summed E-state index contributed by atoms with van der Waals surface area (Å²) in [4.78, 5) is 0. The van der Waals surface area contributed by atoms with Gasteiger partial charge < -0.3 is 0 Å². The number of nitrogens with zero attached hydrogens (tertiary/aromatic N) is 3. The second-order valence-electron chi connectivity index (χ2n) is 7.01. The molecule has 0 aliphatic heterocycles. The number of aromatic nitrogens is 3. The van der Waals surface area contributed by atoms with Crippen LogP contribution in [-0.4, -0.2) is 14.8 Å². The van der Waals surface area contributed by atoms with Crippen molar-refractivity contribution in [3.63, 3.8) is 0 Å². The third kappa shape index (κ3) is 3.87. The van der Waals surface area contributed by atoms with E-state index in [4.69, 9.17) is 0 Å². The maximum absolute atomic E-state index is 4.56. The lowest BCUT2D eigenvalue weighted by Crippen LogP contribution is -2.01. The van der Waals surface area contributed by atoms with E-state index < -0.39 is 0 Å². The molecule has 0 aliphatic carbocycles. The van der Waals surface area contributed by atoms with Gasteiger partial charge in [-0.3, -0.25) is 4.57 Å². The van der Waals surface area contributed by atoms with Crippen LogP contribution in [0.4, 0.5) is 0 Å². The van der Waals surface area contributed by atoms with Crippen LogP contribution in [0.1, 0.15) is 28.9 Å². The van der Waals surface area contributed by atoms with Crippen molar-refractivity contribution in [2.45, 2.75) is 31.2 Å². The van der Waals surface area contributed by atoms with Crippen molar-refractivity contribution in [1.29, 1.82) is 0 Å². The second-order valence-corrected chi connectivity index (χ2v) is 8.32. The summed E-state index contributed by atoms with van der Waals surface area (Å²) < 4.78 is 2.16. The predicted molar refractivity (Wildman–Crippen MR) is 117 cm³/mol. The van der Waals surface area contributed by atoms with Crippen molar-refractivity contribution >= 4 is 11.8 Å². The fourth-order valence-corrected chi connectivity index (χ4v) is 4.11. The fraction of sp³-hybridized carbons (Fsp3) is 0.167. The highest BCUT2D eigenvalue weighted by atomic mass is 32.2. The van der Waals surface area contributed by atoms with Crippen LogP contribution in [-0.2, 0) is 0 Å². The molecule has 0 saturated carbocycles. The molecular formula is C24H23N3S. The van der Waals surface area contributed by atoms with Crippen LogP contribution in [0, 0.1) is 13.8 Å². The monoisotopic (exact) mass is 385 g/mol. The molecule has 1 aromatic heterocycles. The topological polar surface area (TPSA) is 30.7 Å². The van der Waals surface area contributed by atoms with Crippen molar-refractivity contribution in [2.24, 2.45) is 0 Å². The van der Waals surface area contributed by atoms with Crippen molar-refractivity contribution in [3.8, 4) is 17.1 Å². The summed E-state index contributed by atoms with van der Waals surface area (Å²) in [5.41, 5.74) is 5.90. The summed E-state index contributed by atoms with van der Waals surface area (Å²) in [5.74, 6) is 0.867. The largest absolute Gasteiger partial charge is 0.270 e. The highest BCUT2D eigenvalue weighted by Gasteiger charge is 2.19. The van der Waals surface area contributed by atoms with Gasteiger partial charge in [0.05, 0.1) is 0 Å². The summed E-state index contributed by atoms with van der Waals surface area (Å²) in [7, 11) is 0. The van der Waals surface area contributed by atoms with Crippen LogP contribution >= 0.6 is 11.8 Å². The summed E-state index contributed by atoms with van der Waals surface area (Å²) in [6.45, 7) is 6.40. The molecule has 0 unspecified atom stereocenters. The Bertz CT molecular complexity index is 1050. The molecular weight excluding hydrogens is 362 g/mol. The number of hydrogen-bond acceptors (Lipinski definition) is 3. The Hall–Kier alpha value is -2.85. The van der Waals surface area contributed by atoms with E-state index in [0.717, 1.165) is 22.2 Å². The third-order valence-electron chi connectivity index (χ3n) is 4.79. The van der Waals surface area contributed by atoms with E-state index >= 15 is 0 Å². The Balaban J connectivity index is 1.78. The number of benzene rings is 3. The normalized spacial score (nSPS) is 12.1. The van der Waals surface area contributed by atoms with Gasteiger partial charge in [0.1, 0.15) is 0 Å². The third-order valence-corrected chi connectivity index (χ3v) is 5.89. The zero-order valence-corrected chi connectivity index (χ0v) is 17.1. The predicted octanol–water partition coefficient (Wildman–Crippen LogP) is 6.40. The maximum atomic E-state index is 4.56. The highest BCUT2D eigenvalue weighted by molar-refractivity contribution is 7.99. The molecule has 4 aromatic rings. The van der Waals surface area contributed by atoms with E-state index in [1.165, 1.54) is 16.7 Å². The molecule has 4 rings (SSSR count). The van der Waals surface area contributed by atoms with Gasteiger partial charge in [0.2, 0.25) is 0 Å². The van der Waals surface area contributed by atoms with Crippen molar-refractivity contribution in [2.75, 3.05) is 0 Å². The molecule has 28 heavy (non-hydrogen) atoms. The minimum atomic E-state index is 0.278. The minimum Gasteiger partial charge on any atom is -0.270 e. The van der Waals surface area contributed by atoms with E-state index in [9.17, 15) is 0 Å². The fourth-order valence-electron chi connectivity index (χ4n) is 3.11. The molecule has 1 heterocycles. The molecule has 0 N–H and O–H groups in total. The molecule has 0 fully saturated rings. The van der Waals surface area contributed by atoms with Crippen LogP contribution in [0.2, 0.25) is 0 Å². The van der Waals surface area contributed by atoms with Crippen LogP contribution < -0.4 is 0 Å². The van der Waals surface area contributed by atoms with Gasteiger partial charge in [0.25, 0.3) is 0 Å². The number of rotatable bonds is 5. The lowest BCUT2D eigenvalue weighted by atomic mass is 10.1. The molecule has 1 atom stereocenters. The van der Waals surface area contributed by atoms with Gasteiger partial charge >= 0.3 is 0 Å². The molecule has 0 bridgehead atoms. The second kappa shape index (κ2) is 8.03. The summed E-state index contributed by atoms with van der Waals surface area (Å²) in [6.07, 6.45) is 0. The summed E-state index contributed by atoms with van der Waals surface area (Å²) in [5, 5.41) is 10.3. The van der Waals surface area contributed by atoms with E-state index in [2.05, 4.69) is 108 Å². The number of aryl methyl sites for hydroxylation is 2. The van der Waals surface area contributed by atoms with Crippen molar-refractivity contribution in [1.82, 2.24) is 14.8 Å². The Labute approximate surface area is 170 Å². The molecule has 3 aromatic carbocycles. The van der Waals surface area contributed by atoms with Crippen LogP contribution in [0.15, 0.2) is 84.0 Å². The standard InChI is InChI=1S/C24H23N3S/c1-17-9-13-21(14-10-17)23-25-26-24(27(23)22-15-11-18(2)12-16-22)28-19(3)20-7-5-4-6-8-20/h4-16,19H,1-3H3/t19-/m0/s1. The average Bonchev–Trinajstić information content (AvgIpc) is 3.13. The molecule has 0 spiro atoms. The average molecular weight is 386 g/mol. The lowest BCUT2D eigenvalue weighted by Gasteiger charge is -2.14. The first-order valence-electron chi connectivity index (χ1n) is 9.43. The van der Waals surface area contributed by atoms with E-state index in [1.807, 2.05) is 6.07 Å². The molecule has 0 amide bonds. The number of thioether (sulfide) groups is 1. The number of hydrogen-bond donors (Lipinski definition) is 0. The first-order chi connectivity index (χ1) is 13.6. The lowest BCUT2D eigenvalue weighted by molar-refractivity contribution is 0.878. The summed E-state index contributed by atoms with van der Waals surface area (Å²) >= 11 is 1.73. The smallest absolute Gasteiger partial charge is 0.196 e. The minimum absolute atomic E-state index is 0.278. The van der Waals surface area contributed by atoms with Crippen LogP contribution in [0.5, 0.6) is 0 Å². The Kier molecular flexibility index (Phi) is 5.31. The highest BCUT2D eigenvalue weighted by Crippen LogP contribution is 2.36. The van der Waals surface area contributed by atoms with E-state index in [1.54, 1.807) is 11.8 Å². The quantitative estimate of drug-likeness (QED) is 0.372. The van der Waals surface area contributed by atoms with Gasteiger partial charge in [-0.25, -0.2) is 0 Å². The van der Waals surface area contributed by atoms with E-state index in [-0.39, 0.29) is 5.25 Å². The maximum Gasteiger partial charge on any atom is 0.196 e. The van der Waals surface area contributed by atoms with Gasteiger partial charge in [0.15, 0.2) is 11.0 Å².